The first-order chi connectivity index (χ1) is 9.96. The van der Waals surface area contributed by atoms with Gasteiger partial charge in [-0.2, -0.15) is 0 Å². The quantitative estimate of drug-likeness (QED) is 0.812. The molecule has 0 unspecified atom stereocenters. The van der Waals surface area contributed by atoms with Crippen molar-refractivity contribution in [3.63, 3.8) is 0 Å². The number of carbonyl (C=O) groups excluding carboxylic acids is 1. The topological polar surface area (TPSA) is 50.5 Å². The van der Waals surface area contributed by atoms with Crippen LogP contribution in [0.15, 0.2) is 39.5 Å². The average Bonchev–Trinajstić information content (AvgIpc) is 2.46. The van der Waals surface area contributed by atoms with Gasteiger partial charge >= 0.3 is 0 Å². The molecule has 4 nitrogen and oxygen atoms in total. The lowest BCUT2D eigenvalue weighted by molar-refractivity contribution is -0.0498. The molecule has 6 heteroatoms. The number of rotatable bonds is 1. The zero-order valence-corrected chi connectivity index (χ0v) is 11.1. The molecule has 1 aliphatic rings. The molecule has 0 atom stereocenters. The molecule has 1 aromatic heterocycles. The summed E-state index contributed by atoms with van der Waals surface area (Å²) in [7, 11) is 0. The Balaban J connectivity index is 1.90. The van der Waals surface area contributed by atoms with Gasteiger partial charge in [0.25, 0.3) is 11.8 Å². The molecular formula is C15H13F2NO3. The third-order valence-electron chi connectivity index (χ3n) is 3.63. The summed E-state index contributed by atoms with van der Waals surface area (Å²) >= 11 is 0. The second-order valence-corrected chi connectivity index (χ2v) is 5.12. The molecule has 110 valence electrons. The second-order valence-electron chi connectivity index (χ2n) is 5.12. The molecule has 0 bridgehead atoms. The van der Waals surface area contributed by atoms with E-state index >= 15 is 0 Å². The molecule has 0 aliphatic carbocycles. The maximum Gasteiger partial charge on any atom is 0.289 e. The van der Waals surface area contributed by atoms with E-state index in [9.17, 15) is 18.4 Å². The Hall–Kier alpha value is -2.24. The van der Waals surface area contributed by atoms with E-state index in [-0.39, 0.29) is 37.1 Å². The Morgan fingerprint density at radius 2 is 1.86 bits per heavy atom. The average molecular weight is 293 g/mol. The minimum absolute atomic E-state index is 0.0393. The van der Waals surface area contributed by atoms with Crippen LogP contribution in [0.1, 0.15) is 23.4 Å². The number of amides is 1. The summed E-state index contributed by atoms with van der Waals surface area (Å²) in [6.45, 7) is -0.0786. The van der Waals surface area contributed by atoms with Crippen molar-refractivity contribution in [1.82, 2.24) is 4.90 Å². The van der Waals surface area contributed by atoms with Crippen molar-refractivity contribution in [3.05, 3.63) is 46.3 Å². The predicted molar refractivity (Wildman–Crippen MR) is 72.6 cm³/mol. The van der Waals surface area contributed by atoms with Crippen molar-refractivity contribution in [1.29, 1.82) is 0 Å². The van der Waals surface area contributed by atoms with E-state index in [1.54, 1.807) is 24.3 Å². The summed E-state index contributed by atoms with van der Waals surface area (Å²) in [5.74, 6) is -3.35. The summed E-state index contributed by atoms with van der Waals surface area (Å²) in [5.41, 5.74) is -0.00164. The number of piperidine rings is 1. The zero-order valence-electron chi connectivity index (χ0n) is 11.1. The van der Waals surface area contributed by atoms with E-state index in [4.69, 9.17) is 4.42 Å². The molecule has 2 aromatic rings. The van der Waals surface area contributed by atoms with Gasteiger partial charge in [0.15, 0.2) is 11.2 Å². The van der Waals surface area contributed by atoms with Crippen molar-refractivity contribution in [2.24, 2.45) is 0 Å². The highest BCUT2D eigenvalue weighted by atomic mass is 19.3. The van der Waals surface area contributed by atoms with E-state index in [1.165, 1.54) is 4.90 Å². The van der Waals surface area contributed by atoms with E-state index in [0.29, 0.717) is 11.0 Å². The number of para-hydroxylation sites is 1. The third kappa shape index (κ3) is 2.66. The van der Waals surface area contributed by atoms with Crippen LogP contribution < -0.4 is 5.43 Å². The summed E-state index contributed by atoms with van der Waals surface area (Å²) < 4.78 is 31.6. The zero-order chi connectivity index (χ0) is 15.0. The molecular weight excluding hydrogens is 280 g/mol. The highest BCUT2D eigenvalue weighted by molar-refractivity contribution is 5.93. The van der Waals surface area contributed by atoms with Gasteiger partial charge in [-0.15, -0.1) is 0 Å². The molecule has 1 saturated heterocycles. The van der Waals surface area contributed by atoms with Gasteiger partial charge < -0.3 is 9.32 Å². The molecule has 2 heterocycles. The van der Waals surface area contributed by atoms with E-state index < -0.39 is 11.8 Å². The Bertz CT molecular complexity index is 744. The molecule has 1 aliphatic heterocycles. The number of fused-ring (bicyclic) bond motifs is 1. The molecule has 1 aromatic carbocycles. The molecule has 1 amide bonds. The number of benzene rings is 1. The molecule has 0 spiro atoms. The monoisotopic (exact) mass is 293 g/mol. The first-order valence-corrected chi connectivity index (χ1v) is 6.66. The van der Waals surface area contributed by atoms with Crippen molar-refractivity contribution in [2.75, 3.05) is 13.1 Å². The fourth-order valence-electron chi connectivity index (χ4n) is 2.40. The van der Waals surface area contributed by atoms with Gasteiger partial charge in [-0.05, 0) is 12.1 Å². The Kier molecular flexibility index (Phi) is 3.23. The summed E-state index contributed by atoms with van der Waals surface area (Å²) in [6, 6.07) is 7.72. The van der Waals surface area contributed by atoms with Crippen LogP contribution in [0.25, 0.3) is 11.0 Å². The van der Waals surface area contributed by atoms with Gasteiger partial charge in [0.05, 0.1) is 5.39 Å². The molecule has 0 radical (unpaired) electrons. The maximum atomic E-state index is 13.1. The van der Waals surface area contributed by atoms with Crippen LogP contribution in [-0.4, -0.2) is 29.8 Å². The standard InChI is InChI=1S/C15H13F2NO3/c16-15(17)5-7-18(8-6-15)14(20)13-9-11(19)10-3-1-2-4-12(10)21-13/h1-4,9H,5-8H2. The van der Waals surface area contributed by atoms with Crippen molar-refractivity contribution >= 4 is 16.9 Å². The van der Waals surface area contributed by atoms with E-state index in [0.717, 1.165) is 6.07 Å². The lowest BCUT2D eigenvalue weighted by Crippen LogP contribution is -2.42. The van der Waals surface area contributed by atoms with Crippen LogP contribution in [0, 0.1) is 0 Å². The molecule has 3 rings (SSSR count). The first kappa shape index (κ1) is 13.7. The number of hydrogen-bond acceptors (Lipinski definition) is 3. The minimum atomic E-state index is -2.72. The maximum absolute atomic E-state index is 13.1. The van der Waals surface area contributed by atoms with Crippen molar-refractivity contribution in [3.8, 4) is 0 Å². The van der Waals surface area contributed by atoms with Crippen molar-refractivity contribution in [2.45, 2.75) is 18.8 Å². The largest absolute Gasteiger partial charge is 0.451 e. The van der Waals surface area contributed by atoms with Crippen LogP contribution in [0.4, 0.5) is 8.78 Å². The lowest BCUT2D eigenvalue weighted by Gasteiger charge is -2.31. The number of hydrogen-bond donors (Lipinski definition) is 0. The second kappa shape index (κ2) is 4.95. The molecule has 0 N–H and O–H groups in total. The van der Waals surface area contributed by atoms with Crippen LogP contribution >= 0.6 is 0 Å². The molecule has 21 heavy (non-hydrogen) atoms. The smallest absolute Gasteiger partial charge is 0.289 e. The van der Waals surface area contributed by atoms with Gasteiger partial charge in [-0.1, -0.05) is 12.1 Å². The Morgan fingerprint density at radius 3 is 2.57 bits per heavy atom. The third-order valence-corrected chi connectivity index (χ3v) is 3.63. The minimum Gasteiger partial charge on any atom is -0.451 e. The van der Waals surface area contributed by atoms with Gasteiger partial charge in [0, 0.05) is 32.0 Å². The summed E-state index contributed by atoms with van der Waals surface area (Å²) in [4.78, 5) is 25.5. The van der Waals surface area contributed by atoms with Gasteiger partial charge in [-0.3, -0.25) is 9.59 Å². The number of alkyl halides is 2. The number of likely N-dealkylation sites (tertiary alicyclic amines) is 1. The predicted octanol–water partition coefficient (Wildman–Crippen LogP) is 2.66. The number of halogens is 2. The number of carbonyl (C=O) groups is 1. The Morgan fingerprint density at radius 1 is 1.19 bits per heavy atom. The SMILES string of the molecule is O=C(c1cc(=O)c2ccccc2o1)N1CCC(F)(F)CC1. The Labute approximate surface area is 119 Å². The van der Waals surface area contributed by atoms with Gasteiger partial charge in [0.2, 0.25) is 0 Å². The number of nitrogens with zero attached hydrogens (tertiary/aromatic N) is 1. The van der Waals surface area contributed by atoms with Crippen LogP contribution in [0.5, 0.6) is 0 Å². The van der Waals surface area contributed by atoms with Crippen molar-refractivity contribution < 1.29 is 18.0 Å². The summed E-state index contributed by atoms with van der Waals surface area (Å²) in [6.07, 6.45) is -0.729. The van der Waals surface area contributed by atoms with Crippen LogP contribution in [0.3, 0.4) is 0 Å². The normalized spacial score (nSPS) is 17.9. The highest BCUT2D eigenvalue weighted by Crippen LogP contribution is 2.28. The first-order valence-electron chi connectivity index (χ1n) is 6.66. The molecule has 0 saturated carbocycles. The van der Waals surface area contributed by atoms with E-state index in [1.807, 2.05) is 0 Å². The fourth-order valence-corrected chi connectivity index (χ4v) is 2.40. The van der Waals surface area contributed by atoms with Gasteiger partial charge in [0.1, 0.15) is 5.58 Å². The van der Waals surface area contributed by atoms with Crippen LogP contribution in [-0.2, 0) is 0 Å². The summed E-state index contributed by atoms with van der Waals surface area (Å²) in [5, 5.41) is 0.388. The van der Waals surface area contributed by atoms with E-state index in [2.05, 4.69) is 0 Å². The highest BCUT2D eigenvalue weighted by Gasteiger charge is 2.36. The fraction of sp³-hybridized carbons (Fsp3) is 0.333. The van der Waals surface area contributed by atoms with Gasteiger partial charge in [-0.25, -0.2) is 8.78 Å². The molecule has 1 fully saturated rings. The lowest BCUT2D eigenvalue weighted by atomic mass is 10.1. The van der Waals surface area contributed by atoms with Crippen LogP contribution in [0.2, 0.25) is 0 Å².